The molecule has 158 valence electrons. The molecule has 4 rings (SSSR count). The zero-order valence-electron chi connectivity index (χ0n) is 16.1. The van der Waals surface area contributed by atoms with Gasteiger partial charge in [-0.25, -0.2) is 32.0 Å². The molecule has 0 aliphatic carbocycles. The highest BCUT2D eigenvalue weighted by Gasteiger charge is 2.24. The van der Waals surface area contributed by atoms with Crippen molar-refractivity contribution < 1.29 is 17.2 Å². The molecule has 0 spiro atoms. The predicted molar refractivity (Wildman–Crippen MR) is 107 cm³/mol. The van der Waals surface area contributed by atoms with Crippen molar-refractivity contribution in [2.75, 3.05) is 13.1 Å². The maximum Gasteiger partial charge on any atom is 0.238 e. The van der Waals surface area contributed by atoms with Gasteiger partial charge in [0, 0.05) is 19.5 Å². The number of nitrogens with two attached hydrogens (primary N) is 1. The number of halogens is 2. The van der Waals surface area contributed by atoms with E-state index in [-0.39, 0.29) is 10.6 Å². The molecule has 1 aromatic heterocycles. The van der Waals surface area contributed by atoms with Crippen LogP contribution in [0, 0.1) is 5.82 Å². The third kappa shape index (κ3) is 4.55. The van der Waals surface area contributed by atoms with E-state index in [9.17, 15) is 17.2 Å². The van der Waals surface area contributed by atoms with Crippen LogP contribution in [0.3, 0.4) is 0 Å². The van der Waals surface area contributed by atoms with Gasteiger partial charge >= 0.3 is 0 Å². The smallest absolute Gasteiger partial charge is 0.238 e. The Hall–Kier alpha value is -2.69. The molecule has 0 saturated carbocycles. The van der Waals surface area contributed by atoms with Gasteiger partial charge in [0.2, 0.25) is 10.0 Å². The van der Waals surface area contributed by atoms with E-state index < -0.39 is 22.0 Å². The summed E-state index contributed by atoms with van der Waals surface area (Å²) in [7, 11) is -4.03. The topological polar surface area (TPSA) is 94.1 Å². The average molecular weight is 433 g/mol. The molecule has 0 bridgehead atoms. The van der Waals surface area contributed by atoms with Crippen LogP contribution in [0.15, 0.2) is 53.4 Å². The van der Waals surface area contributed by atoms with E-state index in [0.29, 0.717) is 44.1 Å². The number of hydrogen-bond acceptors (Lipinski definition) is 5. The van der Waals surface area contributed by atoms with Crippen molar-refractivity contribution in [2.24, 2.45) is 5.14 Å². The second kappa shape index (κ2) is 8.21. The molecule has 1 aliphatic rings. The zero-order valence-corrected chi connectivity index (χ0v) is 16.9. The van der Waals surface area contributed by atoms with Gasteiger partial charge in [0.15, 0.2) is 5.82 Å². The maximum absolute atomic E-state index is 14.8. The van der Waals surface area contributed by atoms with Crippen LogP contribution >= 0.6 is 0 Å². The van der Waals surface area contributed by atoms with Crippen LogP contribution in [0.25, 0.3) is 5.69 Å². The van der Waals surface area contributed by atoms with Gasteiger partial charge in [-0.1, -0.05) is 30.3 Å². The summed E-state index contributed by atoms with van der Waals surface area (Å²) in [4.78, 5) is 6.15. The fourth-order valence-electron chi connectivity index (χ4n) is 3.51. The lowest BCUT2D eigenvalue weighted by atomic mass is 10.1. The lowest BCUT2D eigenvalue weighted by molar-refractivity contribution is 0.277. The SMILES string of the molecule is NS(=O)(=O)c1ccc(-n2nc(CN3CCC(F)C3)nc2Cc2ccccc2)c(F)c1. The Balaban J connectivity index is 1.71. The van der Waals surface area contributed by atoms with Gasteiger partial charge in [-0.3, -0.25) is 4.90 Å². The van der Waals surface area contributed by atoms with Crippen LogP contribution in [-0.4, -0.2) is 47.3 Å². The first-order chi connectivity index (χ1) is 14.3. The molecule has 1 atom stereocenters. The van der Waals surface area contributed by atoms with Crippen LogP contribution in [0.2, 0.25) is 0 Å². The first-order valence-corrected chi connectivity index (χ1v) is 11.0. The van der Waals surface area contributed by atoms with Crippen molar-refractivity contribution in [3.8, 4) is 5.69 Å². The van der Waals surface area contributed by atoms with Gasteiger partial charge in [0.25, 0.3) is 0 Å². The van der Waals surface area contributed by atoms with Crippen molar-refractivity contribution in [1.82, 2.24) is 19.7 Å². The summed E-state index contributed by atoms with van der Waals surface area (Å²) in [6.07, 6.45) is 0.0102. The number of sulfonamides is 1. The first kappa shape index (κ1) is 20.6. The fraction of sp³-hybridized carbons (Fsp3) is 0.300. The summed E-state index contributed by atoms with van der Waals surface area (Å²) in [5.74, 6) is 0.164. The number of benzene rings is 2. The Morgan fingerprint density at radius 2 is 1.93 bits per heavy atom. The number of likely N-dealkylation sites (tertiary alicyclic amines) is 1. The van der Waals surface area contributed by atoms with Crippen molar-refractivity contribution in [3.63, 3.8) is 0 Å². The number of nitrogens with zero attached hydrogens (tertiary/aromatic N) is 4. The Kier molecular flexibility index (Phi) is 5.63. The predicted octanol–water partition coefficient (Wildman–Crippen LogP) is 2.19. The Morgan fingerprint density at radius 1 is 1.17 bits per heavy atom. The van der Waals surface area contributed by atoms with Crippen LogP contribution in [0.4, 0.5) is 8.78 Å². The highest BCUT2D eigenvalue weighted by molar-refractivity contribution is 7.89. The van der Waals surface area contributed by atoms with Crippen LogP contribution in [0.5, 0.6) is 0 Å². The molecule has 10 heteroatoms. The van der Waals surface area contributed by atoms with Crippen LogP contribution in [-0.2, 0) is 23.0 Å². The summed E-state index contributed by atoms with van der Waals surface area (Å²) in [6.45, 7) is 1.28. The number of rotatable bonds is 6. The van der Waals surface area contributed by atoms with Gasteiger partial charge in [0.05, 0.1) is 11.4 Å². The number of aromatic nitrogens is 3. The molecular weight excluding hydrogens is 412 g/mol. The molecule has 30 heavy (non-hydrogen) atoms. The van der Waals surface area contributed by atoms with Crippen molar-refractivity contribution in [1.29, 1.82) is 0 Å². The molecule has 7 nitrogen and oxygen atoms in total. The lowest BCUT2D eigenvalue weighted by Gasteiger charge is -2.11. The molecule has 0 radical (unpaired) electrons. The van der Waals surface area contributed by atoms with E-state index >= 15 is 0 Å². The van der Waals surface area contributed by atoms with Gasteiger partial charge in [-0.15, -0.1) is 5.10 Å². The van der Waals surface area contributed by atoms with Gasteiger partial charge in [-0.2, -0.15) is 0 Å². The molecular formula is C20H21F2N5O2S. The second-order valence-corrected chi connectivity index (χ2v) is 8.86. The fourth-order valence-corrected chi connectivity index (χ4v) is 4.04. The van der Waals surface area contributed by atoms with E-state index in [1.807, 2.05) is 35.2 Å². The van der Waals surface area contributed by atoms with Crippen molar-refractivity contribution in [2.45, 2.75) is 30.5 Å². The second-order valence-electron chi connectivity index (χ2n) is 7.30. The molecule has 2 aromatic carbocycles. The Labute approximate surface area is 173 Å². The first-order valence-electron chi connectivity index (χ1n) is 9.47. The summed E-state index contributed by atoms with van der Waals surface area (Å²) >= 11 is 0. The summed E-state index contributed by atoms with van der Waals surface area (Å²) in [5.41, 5.74) is 1.03. The molecule has 1 saturated heterocycles. The zero-order chi connectivity index (χ0) is 21.3. The number of hydrogen-bond donors (Lipinski definition) is 1. The number of alkyl halides is 1. The van der Waals surface area contributed by atoms with Gasteiger partial charge in [-0.05, 0) is 30.2 Å². The summed E-state index contributed by atoms with van der Waals surface area (Å²) in [6, 6.07) is 12.9. The van der Waals surface area contributed by atoms with Gasteiger partial charge in [0.1, 0.15) is 23.5 Å². The molecule has 1 fully saturated rings. The minimum Gasteiger partial charge on any atom is -0.293 e. The molecule has 2 heterocycles. The van der Waals surface area contributed by atoms with E-state index in [1.54, 1.807) is 0 Å². The summed E-state index contributed by atoms with van der Waals surface area (Å²) in [5, 5.41) is 9.53. The highest BCUT2D eigenvalue weighted by atomic mass is 32.2. The van der Waals surface area contributed by atoms with E-state index in [4.69, 9.17) is 5.14 Å². The third-order valence-electron chi connectivity index (χ3n) is 4.98. The lowest BCUT2D eigenvalue weighted by Crippen LogP contribution is -2.21. The minimum absolute atomic E-state index is 0.0665. The minimum atomic E-state index is -4.03. The standard InChI is InChI=1S/C20H21F2N5O2S/c21-15-8-9-26(12-15)13-19-24-20(10-14-4-2-1-3-5-14)27(25-19)18-7-6-16(11-17(18)22)30(23,28)29/h1-7,11,15H,8-10,12-13H2,(H2,23,28,29). The van der Waals surface area contributed by atoms with Gasteiger partial charge < -0.3 is 0 Å². The molecule has 1 unspecified atom stereocenters. The monoisotopic (exact) mass is 433 g/mol. The molecule has 0 amide bonds. The largest absolute Gasteiger partial charge is 0.293 e. The molecule has 2 N–H and O–H groups in total. The highest BCUT2D eigenvalue weighted by Crippen LogP contribution is 2.21. The number of primary sulfonamides is 1. The van der Waals surface area contributed by atoms with Crippen LogP contribution in [0.1, 0.15) is 23.6 Å². The quantitative estimate of drug-likeness (QED) is 0.643. The van der Waals surface area contributed by atoms with E-state index in [2.05, 4.69) is 10.1 Å². The van der Waals surface area contributed by atoms with Crippen LogP contribution < -0.4 is 5.14 Å². The molecule has 1 aliphatic heterocycles. The van der Waals surface area contributed by atoms with Crippen molar-refractivity contribution in [3.05, 3.63) is 71.6 Å². The average Bonchev–Trinajstić information content (AvgIpc) is 3.28. The Morgan fingerprint density at radius 3 is 2.57 bits per heavy atom. The van der Waals surface area contributed by atoms with E-state index in [1.165, 1.54) is 16.8 Å². The normalized spacial score (nSPS) is 17.5. The Bertz CT molecular complexity index is 1150. The third-order valence-corrected chi connectivity index (χ3v) is 5.89. The molecule has 3 aromatic rings. The maximum atomic E-state index is 14.8. The van der Waals surface area contributed by atoms with E-state index in [0.717, 1.165) is 11.6 Å². The summed E-state index contributed by atoms with van der Waals surface area (Å²) < 4.78 is 52.7. The van der Waals surface area contributed by atoms with Crippen molar-refractivity contribution >= 4 is 10.0 Å².